The molecular formula is C16H20N2O2. The van der Waals surface area contributed by atoms with Crippen molar-refractivity contribution >= 4 is 0 Å². The van der Waals surface area contributed by atoms with Gasteiger partial charge in [-0.3, -0.25) is 0 Å². The van der Waals surface area contributed by atoms with E-state index in [1.807, 2.05) is 25.1 Å². The number of nitrogens with one attached hydrogen (secondary N) is 1. The molecule has 0 unspecified atom stereocenters. The number of nitrogens with zero attached hydrogens (tertiary/aromatic N) is 1. The van der Waals surface area contributed by atoms with Gasteiger partial charge in [-0.25, -0.2) is 0 Å². The van der Waals surface area contributed by atoms with E-state index in [2.05, 4.69) is 22.6 Å². The summed E-state index contributed by atoms with van der Waals surface area (Å²) < 4.78 is 10.6. The monoisotopic (exact) mass is 272 g/mol. The zero-order valence-corrected chi connectivity index (χ0v) is 11.9. The number of benzene rings is 1. The van der Waals surface area contributed by atoms with Crippen molar-refractivity contribution in [3.05, 3.63) is 47.3 Å². The zero-order valence-electron chi connectivity index (χ0n) is 11.9. The number of aromatic nitrogens is 1. The summed E-state index contributed by atoms with van der Waals surface area (Å²) >= 11 is 0. The predicted molar refractivity (Wildman–Crippen MR) is 76.8 cm³/mol. The van der Waals surface area contributed by atoms with Gasteiger partial charge in [0.15, 0.2) is 5.76 Å². The van der Waals surface area contributed by atoms with E-state index < -0.39 is 0 Å². The summed E-state index contributed by atoms with van der Waals surface area (Å²) in [7, 11) is 1.74. The van der Waals surface area contributed by atoms with Gasteiger partial charge in [0.1, 0.15) is 5.75 Å². The molecule has 0 bridgehead atoms. The SMILES string of the molecule is COc1ccccc1C1CC(NCc2cc(C)no2)C1. The Labute approximate surface area is 119 Å². The summed E-state index contributed by atoms with van der Waals surface area (Å²) in [6, 6.07) is 10.8. The molecule has 3 rings (SSSR count). The van der Waals surface area contributed by atoms with Crippen molar-refractivity contribution in [2.75, 3.05) is 7.11 Å². The minimum atomic E-state index is 0.551. The van der Waals surface area contributed by atoms with Crippen molar-refractivity contribution < 1.29 is 9.26 Å². The lowest BCUT2D eigenvalue weighted by Crippen LogP contribution is -2.39. The van der Waals surface area contributed by atoms with E-state index in [1.54, 1.807) is 7.11 Å². The van der Waals surface area contributed by atoms with Gasteiger partial charge in [0.05, 0.1) is 19.3 Å². The van der Waals surface area contributed by atoms with Crippen LogP contribution >= 0.6 is 0 Å². The summed E-state index contributed by atoms with van der Waals surface area (Å²) in [6.45, 7) is 2.69. The maximum atomic E-state index is 5.43. The molecule has 1 fully saturated rings. The Kier molecular flexibility index (Phi) is 3.74. The molecule has 0 spiro atoms. The molecule has 4 nitrogen and oxygen atoms in total. The smallest absolute Gasteiger partial charge is 0.150 e. The van der Waals surface area contributed by atoms with Gasteiger partial charge in [0.2, 0.25) is 0 Å². The van der Waals surface area contributed by atoms with Gasteiger partial charge in [-0.2, -0.15) is 0 Å². The van der Waals surface area contributed by atoms with Crippen LogP contribution in [0.4, 0.5) is 0 Å². The number of aryl methyl sites for hydroxylation is 1. The number of hydrogen-bond acceptors (Lipinski definition) is 4. The van der Waals surface area contributed by atoms with Gasteiger partial charge in [-0.1, -0.05) is 23.4 Å². The third-order valence-electron chi connectivity index (χ3n) is 3.96. The number of rotatable bonds is 5. The molecule has 1 saturated carbocycles. The Bertz CT molecular complexity index is 573. The van der Waals surface area contributed by atoms with Crippen molar-refractivity contribution in [1.29, 1.82) is 0 Å². The Morgan fingerprint density at radius 3 is 2.85 bits per heavy atom. The Morgan fingerprint density at radius 1 is 1.35 bits per heavy atom. The first-order valence-corrected chi connectivity index (χ1v) is 7.04. The van der Waals surface area contributed by atoms with E-state index in [-0.39, 0.29) is 0 Å². The average Bonchev–Trinajstić information content (AvgIpc) is 2.83. The Balaban J connectivity index is 1.51. The molecule has 2 aromatic rings. The first-order chi connectivity index (χ1) is 9.76. The number of ether oxygens (including phenoxy) is 1. The fourth-order valence-corrected chi connectivity index (χ4v) is 2.79. The van der Waals surface area contributed by atoms with Crippen LogP contribution in [0.1, 0.15) is 35.8 Å². The minimum absolute atomic E-state index is 0.551. The standard InChI is InChI=1S/C16H20N2O2/c1-11-7-14(20-18-11)10-17-13-8-12(9-13)15-5-3-4-6-16(15)19-2/h3-7,12-13,17H,8-10H2,1-2H3. The van der Waals surface area contributed by atoms with Crippen LogP contribution in [0, 0.1) is 6.92 Å². The lowest BCUT2D eigenvalue weighted by atomic mass is 9.75. The van der Waals surface area contributed by atoms with Crippen LogP contribution in [0.25, 0.3) is 0 Å². The van der Waals surface area contributed by atoms with Crippen LogP contribution in [0.15, 0.2) is 34.9 Å². The molecule has 0 amide bonds. The summed E-state index contributed by atoms with van der Waals surface area (Å²) in [4.78, 5) is 0. The van der Waals surface area contributed by atoms with Crippen LogP contribution in [-0.2, 0) is 6.54 Å². The highest BCUT2D eigenvalue weighted by atomic mass is 16.5. The van der Waals surface area contributed by atoms with Crippen LogP contribution < -0.4 is 10.1 Å². The first kappa shape index (κ1) is 13.2. The summed E-state index contributed by atoms with van der Waals surface area (Å²) in [5.74, 6) is 2.50. The molecule has 0 radical (unpaired) electrons. The highest BCUT2D eigenvalue weighted by molar-refractivity contribution is 5.37. The van der Waals surface area contributed by atoms with Gasteiger partial charge < -0.3 is 14.6 Å². The number of para-hydroxylation sites is 1. The maximum absolute atomic E-state index is 5.43. The van der Waals surface area contributed by atoms with Crippen LogP contribution in [0.2, 0.25) is 0 Å². The molecule has 20 heavy (non-hydrogen) atoms. The fourth-order valence-electron chi connectivity index (χ4n) is 2.79. The summed E-state index contributed by atoms with van der Waals surface area (Å²) in [5, 5.41) is 7.40. The van der Waals surface area contributed by atoms with E-state index in [0.29, 0.717) is 12.0 Å². The molecule has 1 aliphatic rings. The maximum Gasteiger partial charge on any atom is 0.150 e. The van der Waals surface area contributed by atoms with Crippen molar-refractivity contribution in [1.82, 2.24) is 10.5 Å². The third kappa shape index (κ3) is 2.70. The van der Waals surface area contributed by atoms with Gasteiger partial charge in [0, 0.05) is 12.1 Å². The van der Waals surface area contributed by atoms with Crippen LogP contribution in [-0.4, -0.2) is 18.3 Å². The summed E-state index contributed by atoms with van der Waals surface area (Å²) in [6.07, 6.45) is 2.29. The molecule has 4 heteroatoms. The lowest BCUT2D eigenvalue weighted by molar-refractivity contribution is 0.268. The molecule has 106 valence electrons. The molecule has 0 atom stereocenters. The molecule has 1 aliphatic carbocycles. The molecule has 1 heterocycles. The van der Waals surface area contributed by atoms with Crippen molar-refractivity contribution in [2.24, 2.45) is 0 Å². The van der Waals surface area contributed by atoms with Crippen molar-refractivity contribution in [2.45, 2.75) is 38.3 Å². The molecular weight excluding hydrogens is 252 g/mol. The Morgan fingerprint density at radius 2 is 2.15 bits per heavy atom. The second kappa shape index (κ2) is 5.67. The Hall–Kier alpha value is -1.81. The van der Waals surface area contributed by atoms with Gasteiger partial charge >= 0.3 is 0 Å². The van der Waals surface area contributed by atoms with Crippen molar-refractivity contribution in [3.63, 3.8) is 0 Å². The predicted octanol–water partition coefficient (Wildman–Crippen LogP) is 3.03. The van der Waals surface area contributed by atoms with Gasteiger partial charge in [0.25, 0.3) is 0 Å². The normalized spacial score (nSPS) is 21.5. The average molecular weight is 272 g/mol. The molecule has 0 aliphatic heterocycles. The van der Waals surface area contributed by atoms with Gasteiger partial charge in [-0.05, 0) is 37.3 Å². The second-order valence-corrected chi connectivity index (χ2v) is 5.42. The third-order valence-corrected chi connectivity index (χ3v) is 3.96. The fraction of sp³-hybridized carbons (Fsp3) is 0.438. The highest BCUT2D eigenvalue weighted by Crippen LogP contribution is 2.40. The van der Waals surface area contributed by atoms with E-state index in [0.717, 1.165) is 36.6 Å². The highest BCUT2D eigenvalue weighted by Gasteiger charge is 2.31. The quantitative estimate of drug-likeness (QED) is 0.909. The van der Waals surface area contributed by atoms with E-state index >= 15 is 0 Å². The molecule has 0 saturated heterocycles. The first-order valence-electron chi connectivity index (χ1n) is 7.04. The summed E-state index contributed by atoms with van der Waals surface area (Å²) in [5.41, 5.74) is 2.26. The van der Waals surface area contributed by atoms with E-state index in [4.69, 9.17) is 9.26 Å². The lowest BCUT2D eigenvalue weighted by Gasteiger charge is -2.36. The van der Waals surface area contributed by atoms with Gasteiger partial charge in [-0.15, -0.1) is 0 Å². The molecule has 1 aromatic heterocycles. The van der Waals surface area contributed by atoms with E-state index in [9.17, 15) is 0 Å². The second-order valence-electron chi connectivity index (χ2n) is 5.42. The zero-order chi connectivity index (χ0) is 13.9. The largest absolute Gasteiger partial charge is 0.496 e. The van der Waals surface area contributed by atoms with Crippen LogP contribution in [0.3, 0.4) is 0 Å². The van der Waals surface area contributed by atoms with Crippen molar-refractivity contribution in [3.8, 4) is 5.75 Å². The molecule has 1 aromatic carbocycles. The number of methoxy groups -OCH3 is 1. The molecule has 1 N–H and O–H groups in total. The van der Waals surface area contributed by atoms with Crippen LogP contribution in [0.5, 0.6) is 5.75 Å². The topological polar surface area (TPSA) is 47.3 Å². The number of hydrogen-bond donors (Lipinski definition) is 1. The van der Waals surface area contributed by atoms with E-state index in [1.165, 1.54) is 5.56 Å². The minimum Gasteiger partial charge on any atom is -0.496 e.